The Hall–Kier alpha value is -0.120. The molecule has 1 unspecified atom stereocenters. The van der Waals surface area contributed by atoms with Gasteiger partial charge in [-0.05, 0) is 24.1 Å². The van der Waals surface area contributed by atoms with Gasteiger partial charge < -0.3 is 0 Å². The summed E-state index contributed by atoms with van der Waals surface area (Å²) in [4.78, 5) is 0. The summed E-state index contributed by atoms with van der Waals surface area (Å²) in [5.74, 6) is -0.139. The van der Waals surface area contributed by atoms with E-state index in [1.54, 1.807) is 12.1 Å². The van der Waals surface area contributed by atoms with E-state index < -0.39 is 0 Å². The van der Waals surface area contributed by atoms with Crippen molar-refractivity contribution in [3.05, 3.63) is 35.6 Å². The van der Waals surface area contributed by atoms with Gasteiger partial charge in [-0.15, -0.1) is 0 Å². The van der Waals surface area contributed by atoms with E-state index in [1.807, 2.05) is 6.07 Å². The van der Waals surface area contributed by atoms with E-state index in [-0.39, 0.29) is 5.82 Å². The van der Waals surface area contributed by atoms with Crippen LogP contribution in [0.2, 0.25) is 0 Å². The average molecular weight is 264 g/mol. The number of alkyl halides is 1. The summed E-state index contributed by atoms with van der Waals surface area (Å²) in [6.45, 7) is 2.12. The number of halogens is 2. The van der Waals surface area contributed by atoms with Crippen LogP contribution in [-0.2, 0) is 6.42 Å². The van der Waals surface area contributed by atoms with Crippen LogP contribution in [0, 0.1) is 5.82 Å². The molecule has 0 radical (unpaired) electrons. The lowest BCUT2D eigenvalue weighted by atomic mass is 10.1. The fourth-order valence-electron chi connectivity index (χ4n) is 0.989. The Bertz CT molecular complexity index is 233. The minimum absolute atomic E-state index is 0.139. The number of benzene rings is 1. The van der Waals surface area contributed by atoms with Gasteiger partial charge in [-0.25, -0.2) is 4.39 Å². The molecule has 0 amide bonds. The van der Waals surface area contributed by atoms with E-state index in [1.165, 1.54) is 6.07 Å². The molecular weight excluding hydrogens is 254 g/mol. The van der Waals surface area contributed by atoms with Gasteiger partial charge in [0.1, 0.15) is 5.82 Å². The van der Waals surface area contributed by atoms with Crippen LogP contribution in [0.15, 0.2) is 24.3 Å². The molecule has 11 heavy (non-hydrogen) atoms. The van der Waals surface area contributed by atoms with Gasteiger partial charge in [0.15, 0.2) is 0 Å². The summed E-state index contributed by atoms with van der Waals surface area (Å²) < 4.78 is 13.2. The van der Waals surface area contributed by atoms with E-state index in [0.717, 1.165) is 12.0 Å². The molecule has 0 aliphatic carbocycles. The van der Waals surface area contributed by atoms with Crippen LogP contribution < -0.4 is 0 Å². The molecule has 0 heterocycles. The van der Waals surface area contributed by atoms with Gasteiger partial charge in [-0.1, -0.05) is 41.6 Å². The van der Waals surface area contributed by atoms with Crippen molar-refractivity contribution in [2.45, 2.75) is 17.3 Å². The molecule has 0 spiro atoms. The number of hydrogen-bond donors (Lipinski definition) is 0. The van der Waals surface area contributed by atoms with E-state index in [0.29, 0.717) is 3.92 Å². The standard InChI is InChI=1S/C9H10FI/c1-7(11)5-8-3-2-4-9(10)6-8/h2-4,6-7H,5H2,1H3. The normalized spacial score (nSPS) is 13.0. The van der Waals surface area contributed by atoms with Crippen LogP contribution in [0.5, 0.6) is 0 Å². The van der Waals surface area contributed by atoms with Gasteiger partial charge in [0.25, 0.3) is 0 Å². The molecule has 0 N–H and O–H groups in total. The molecule has 1 rings (SSSR count). The average Bonchev–Trinajstić information content (AvgIpc) is 1.85. The second kappa shape index (κ2) is 4.04. The van der Waals surface area contributed by atoms with Crippen molar-refractivity contribution in [1.29, 1.82) is 0 Å². The highest BCUT2D eigenvalue weighted by Gasteiger charge is 1.98. The van der Waals surface area contributed by atoms with Crippen molar-refractivity contribution in [1.82, 2.24) is 0 Å². The van der Waals surface area contributed by atoms with Crippen LogP contribution in [0.25, 0.3) is 0 Å². The molecule has 0 aliphatic rings. The highest BCUT2D eigenvalue weighted by atomic mass is 127. The molecule has 0 saturated carbocycles. The first-order valence-electron chi connectivity index (χ1n) is 3.57. The predicted octanol–water partition coefficient (Wildman–Crippen LogP) is 3.19. The monoisotopic (exact) mass is 264 g/mol. The molecule has 0 fully saturated rings. The molecule has 1 atom stereocenters. The minimum Gasteiger partial charge on any atom is -0.207 e. The zero-order valence-electron chi connectivity index (χ0n) is 6.35. The number of rotatable bonds is 2. The molecule has 1 aromatic rings. The maximum Gasteiger partial charge on any atom is 0.123 e. The van der Waals surface area contributed by atoms with Crippen molar-refractivity contribution >= 4 is 22.6 Å². The summed E-state index contributed by atoms with van der Waals surface area (Å²) in [6, 6.07) is 6.78. The maximum absolute atomic E-state index is 12.6. The zero-order valence-corrected chi connectivity index (χ0v) is 8.51. The lowest BCUT2D eigenvalue weighted by Crippen LogP contribution is -1.95. The summed E-state index contributed by atoms with van der Waals surface area (Å²) >= 11 is 2.34. The highest BCUT2D eigenvalue weighted by Crippen LogP contribution is 2.10. The second-order valence-electron chi connectivity index (χ2n) is 2.61. The first-order valence-corrected chi connectivity index (χ1v) is 4.81. The van der Waals surface area contributed by atoms with Crippen LogP contribution in [0.3, 0.4) is 0 Å². The molecule has 0 aliphatic heterocycles. The lowest BCUT2D eigenvalue weighted by Gasteiger charge is -2.02. The molecule has 0 saturated heterocycles. The second-order valence-corrected chi connectivity index (χ2v) is 4.74. The molecule has 0 nitrogen and oxygen atoms in total. The summed E-state index contributed by atoms with van der Waals surface area (Å²) in [6.07, 6.45) is 0.943. The third-order valence-electron chi connectivity index (χ3n) is 1.41. The van der Waals surface area contributed by atoms with Gasteiger partial charge in [0, 0.05) is 3.92 Å². The quantitative estimate of drug-likeness (QED) is 0.568. The van der Waals surface area contributed by atoms with E-state index in [4.69, 9.17) is 0 Å². The van der Waals surface area contributed by atoms with Crippen molar-refractivity contribution in [3.63, 3.8) is 0 Å². The summed E-state index contributed by atoms with van der Waals surface area (Å²) in [7, 11) is 0. The zero-order chi connectivity index (χ0) is 8.27. The molecule has 0 bridgehead atoms. The minimum atomic E-state index is -0.139. The first-order chi connectivity index (χ1) is 5.18. The van der Waals surface area contributed by atoms with Crippen molar-refractivity contribution in [3.8, 4) is 0 Å². The van der Waals surface area contributed by atoms with Crippen LogP contribution in [0.1, 0.15) is 12.5 Å². The Labute approximate surface area is 80.0 Å². The van der Waals surface area contributed by atoms with Crippen molar-refractivity contribution in [2.24, 2.45) is 0 Å². The highest BCUT2D eigenvalue weighted by molar-refractivity contribution is 14.1. The van der Waals surface area contributed by atoms with Crippen LogP contribution >= 0.6 is 22.6 Å². The third kappa shape index (κ3) is 3.18. The molecular formula is C9H10FI. The molecule has 1 aromatic carbocycles. The predicted molar refractivity (Wildman–Crippen MR) is 53.6 cm³/mol. The van der Waals surface area contributed by atoms with Crippen LogP contribution in [0.4, 0.5) is 4.39 Å². The van der Waals surface area contributed by atoms with Crippen molar-refractivity contribution in [2.75, 3.05) is 0 Å². The van der Waals surface area contributed by atoms with Gasteiger partial charge in [0.05, 0.1) is 0 Å². The fraction of sp³-hybridized carbons (Fsp3) is 0.333. The molecule has 60 valence electrons. The Balaban J connectivity index is 2.71. The lowest BCUT2D eigenvalue weighted by molar-refractivity contribution is 0.625. The topological polar surface area (TPSA) is 0 Å². The van der Waals surface area contributed by atoms with E-state index in [2.05, 4.69) is 29.5 Å². The van der Waals surface area contributed by atoms with E-state index >= 15 is 0 Å². The van der Waals surface area contributed by atoms with E-state index in [9.17, 15) is 4.39 Å². The van der Waals surface area contributed by atoms with Gasteiger partial charge >= 0.3 is 0 Å². The summed E-state index contributed by atoms with van der Waals surface area (Å²) in [5, 5.41) is 0. The van der Waals surface area contributed by atoms with Crippen molar-refractivity contribution < 1.29 is 4.39 Å². The third-order valence-corrected chi connectivity index (χ3v) is 1.85. The van der Waals surface area contributed by atoms with Gasteiger partial charge in [0.2, 0.25) is 0 Å². The van der Waals surface area contributed by atoms with Crippen LogP contribution in [-0.4, -0.2) is 3.92 Å². The Kier molecular flexibility index (Phi) is 3.30. The fourth-order valence-corrected chi connectivity index (χ4v) is 1.50. The summed E-state index contributed by atoms with van der Waals surface area (Å²) in [5.41, 5.74) is 1.08. The maximum atomic E-state index is 12.6. The molecule has 2 heteroatoms. The Morgan fingerprint density at radius 2 is 2.27 bits per heavy atom. The first kappa shape index (κ1) is 8.97. The SMILES string of the molecule is CC(I)Cc1cccc(F)c1. The van der Waals surface area contributed by atoms with Gasteiger partial charge in [-0.3, -0.25) is 0 Å². The largest absolute Gasteiger partial charge is 0.207 e. The molecule has 0 aromatic heterocycles. The Morgan fingerprint density at radius 3 is 2.82 bits per heavy atom. The smallest absolute Gasteiger partial charge is 0.123 e. The number of hydrogen-bond acceptors (Lipinski definition) is 0. The Morgan fingerprint density at radius 1 is 1.55 bits per heavy atom. The van der Waals surface area contributed by atoms with Gasteiger partial charge in [-0.2, -0.15) is 0 Å².